The van der Waals surface area contributed by atoms with Gasteiger partial charge in [0.25, 0.3) is 0 Å². The highest BCUT2D eigenvalue weighted by Gasteiger charge is 2.11. The highest BCUT2D eigenvalue weighted by Crippen LogP contribution is 2.29. The van der Waals surface area contributed by atoms with Crippen molar-refractivity contribution in [3.05, 3.63) is 69.7 Å². The molecule has 3 heteroatoms. The van der Waals surface area contributed by atoms with Crippen LogP contribution >= 0.6 is 15.9 Å². The van der Waals surface area contributed by atoms with E-state index in [1.54, 1.807) is 36.4 Å². The fraction of sp³-hybridized carbons (Fsp3) is 0.176. The van der Waals surface area contributed by atoms with Gasteiger partial charge in [-0.2, -0.15) is 0 Å². The van der Waals surface area contributed by atoms with Crippen molar-refractivity contribution < 1.29 is 8.78 Å². The standard InChI is InChI=1S/C17H15BrF2/c1-2-3-12-4-6-13(7-5-12)16(19)17(20)14-8-10-15(18)11-9-14/h4-11H,2-3H2,1H3/b17-16+. The molecule has 0 fully saturated rings. The zero-order chi connectivity index (χ0) is 14.5. The molecule has 0 unspecified atom stereocenters. The molecule has 0 aromatic heterocycles. The lowest BCUT2D eigenvalue weighted by molar-refractivity contribution is 0.700. The van der Waals surface area contributed by atoms with E-state index in [0.717, 1.165) is 22.9 Å². The van der Waals surface area contributed by atoms with Crippen molar-refractivity contribution in [2.45, 2.75) is 19.8 Å². The van der Waals surface area contributed by atoms with E-state index >= 15 is 0 Å². The van der Waals surface area contributed by atoms with E-state index < -0.39 is 11.7 Å². The quantitative estimate of drug-likeness (QED) is 0.586. The molecule has 104 valence electrons. The van der Waals surface area contributed by atoms with Gasteiger partial charge in [-0.1, -0.05) is 65.7 Å². The first kappa shape index (κ1) is 14.9. The van der Waals surface area contributed by atoms with Crippen LogP contribution in [0.1, 0.15) is 30.0 Å². The minimum absolute atomic E-state index is 0.239. The molecule has 0 amide bonds. The predicted octanol–water partition coefficient (Wildman–Crippen LogP) is 6.17. The molecule has 0 atom stereocenters. The summed E-state index contributed by atoms with van der Waals surface area (Å²) < 4.78 is 29.0. The summed E-state index contributed by atoms with van der Waals surface area (Å²) >= 11 is 3.27. The van der Waals surface area contributed by atoms with Crippen molar-refractivity contribution in [3.8, 4) is 0 Å². The van der Waals surface area contributed by atoms with Gasteiger partial charge in [-0.05, 0) is 24.1 Å². The summed E-state index contributed by atoms with van der Waals surface area (Å²) in [4.78, 5) is 0. The van der Waals surface area contributed by atoms with Crippen molar-refractivity contribution in [2.24, 2.45) is 0 Å². The summed E-state index contributed by atoms with van der Waals surface area (Å²) in [6.07, 6.45) is 1.98. The fourth-order valence-electron chi connectivity index (χ4n) is 1.96. The molecule has 0 saturated heterocycles. The largest absolute Gasteiger partial charge is 0.203 e. The summed E-state index contributed by atoms with van der Waals surface area (Å²) in [5.41, 5.74) is 1.64. The van der Waals surface area contributed by atoms with E-state index in [0.29, 0.717) is 0 Å². The van der Waals surface area contributed by atoms with Crippen LogP contribution in [0.3, 0.4) is 0 Å². The Hall–Kier alpha value is -1.48. The number of halogens is 3. The second-order valence-electron chi connectivity index (χ2n) is 4.58. The molecular formula is C17H15BrF2. The molecule has 2 aromatic carbocycles. The third-order valence-corrected chi connectivity index (χ3v) is 3.57. The highest BCUT2D eigenvalue weighted by molar-refractivity contribution is 9.10. The number of benzene rings is 2. The van der Waals surface area contributed by atoms with E-state index in [2.05, 4.69) is 22.9 Å². The molecule has 0 N–H and O–H groups in total. The van der Waals surface area contributed by atoms with Crippen LogP contribution in [0, 0.1) is 0 Å². The Kier molecular flexibility index (Phi) is 5.07. The van der Waals surface area contributed by atoms with Crippen LogP contribution in [0.4, 0.5) is 8.78 Å². The second-order valence-corrected chi connectivity index (χ2v) is 5.50. The topological polar surface area (TPSA) is 0 Å². The van der Waals surface area contributed by atoms with Gasteiger partial charge in [0.2, 0.25) is 0 Å². The molecule has 0 heterocycles. The van der Waals surface area contributed by atoms with Gasteiger partial charge in [-0.15, -0.1) is 0 Å². The Bertz CT molecular complexity index is 598. The zero-order valence-corrected chi connectivity index (χ0v) is 12.8. The molecule has 2 rings (SSSR count). The predicted molar refractivity (Wildman–Crippen MR) is 83.6 cm³/mol. The molecule has 0 radical (unpaired) electrons. The first-order valence-electron chi connectivity index (χ1n) is 6.52. The SMILES string of the molecule is CCCc1ccc(/C(F)=C(\F)c2ccc(Br)cc2)cc1. The number of hydrogen-bond donors (Lipinski definition) is 0. The molecule has 0 aliphatic heterocycles. The zero-order valence-electron chi connectivity index (χ0n) is 11.2. The Morgan fingerprint density at radius 2 is 1.30 bits per heavy atom. The van der Waals surface area contributed by atoms with Gasteiger partial charge < -0.3 is 0 Å². The van der Waals surface area contributed by atoms with Crippen LogP contribution in [-0.4, -0.2) is 0 Å². The molecular weight excluding hydrogens is 322 g/mol. The third-order valence-electron chi connectivity index (χ3n) is 3.04. The van der Waals surface area contributed by atoms with Gasteiger partial charge in [0.15, 0.2) is 11.7 Å². The van der Waals surface area contributed by atoms with E-state index in [1.165, 1.54) is 0 Å². The van der Waals surface area contributed by atoms with Crippen LogP contribution in [0.5, 0.6) is 0 Å². The van der Waals surface area contributed by atoms with Crippen LogP contribution in [0.25, 0.3) is 11.7 Å². The Morgan fingerprint density at radius 3 is 1.75 bits per heavy atom. The van der Waals surface area contributed by atoms with E-state index in [9.17, 15) is 8.78 Å². The van der Waals surface area contributed by atoms with Gasteiger partial charge >= 0.3 is 0 Å². The molecule has 0 bridgehead atoms. The van der Waals surface area contributed by atoms with Gasteiger partial charge in [-0.25, -0.2) is 8.78 Å². The van der Waals surface area contributed by atoms with Crippen molar-refractivity contribution in [1.29, 1.82) is 0 Å². The molecule has 20 heavy (non-hydrogen) atoms. The Balaban J connectivity index is 2.30. The van der Waals surface area contributed by atoms with Crippen molar-refractivity contribution in [2.75, 3.05) is 0 Å². The Labute approximate surface area is 126 Å². The van der Waals surface area contributed by atoms with Crippen LogP contribution in [0.2, 0.25) is 0 Å². The summed E-state index contributed by atoms with van der Waals surface area (Å²) in [5.74, 6) is -1.66. The highest BCUT2D eigenvalue weighted by atomic mass is 79.9. The normalized spacial score (nSPS) is 12.2. The number of aryl methyl sites for hydroxylation is 1. The lowest BCUT2D eigenvalue weighted by Gasteiger charge is -2.04. The molecule has 0 saturated carbocycles. The average molecular weight is 337 g/mol. The maximum Gasteiger partial charge on any atom is 0.166 e. The number of hydrogen-bond acceptors (Lipinski definition) is 0. The molecule has 2 aromatic rings. The Morgan fingerprint density at radius 1 is 0.850 bits per heavy atom. The minimum Gasteiger partial charge on any atom is -0.203 e. The summed E-state index contributed by atoms with van der Waals surface area (Å²) in [6, 6.07) is 13.4. The van der Waals surface area contributed by atoms with Gasteiger partial charge in [-0.3, -0.25) is 0 Å². The maximum atomic E-state index is 14.1. The summed E-state index contributed by atoms with van der Waals surface area (Å²) in [6.45, 7) is 2.08. The summed E-state index contributed by atoms with van der Waals surface area (Å²) in [5, 5.41) is 0. The van der Waals surface area contributed by atoms with Crippen LogP contribution in [-0.2, 0) is 6.42 Å². The van der Waals surface area contributed by atoms with Gasteiger partial charge in [0.05, 0.1) is 0 Å². The van der Waals surface area contributed by atoms with Crippen LogP contribution < -0.4 is 0 Å². The minimum atomic E-state index is -0.833. The first-order valence-corrected chi connectivity index (χ1v) is 7.31. The van der Waals surface area contributed by atoms with Crippen molar-refractivity contribution >= 4 is 27.6 Å². The first-order chi connectivity index (χ1) is 9.61. The van der Waals surface area contributed by atoms with Crippen molar-refractivity contribution in [3.63, 3.8) is 0 Å². The fourth-order valence-corrected chi connectivity index (χ4v) is 2.22. The molecule has 0 aliphatic rings. The van der Waals surface area contributed by atoms with E-state index in [4.69, 9.17) is 0 Å². The maximum absolute atomic E-state index is 14.1. The molecule has 0 aliphatic carbocycles. The van der Waals surface area contributed by atoms with Gasteiger partial charge in [0, 0.05) is 15.6 Å². The van der Waals surface area contributed by atoms with E-state index in [-0.39, 0.29) is 11.1 Å². The average Bonchev–Trinajstić information content (AvgIpc) is 2.48. The molecule has 0 nitrogen and oxygen atoms in total. The lowest BCUT2D eigenvalue weighted by atomic mass is 10.1. The third kappa shape index (κ3) is 3.54. The smallest absolute Gasteiger partial charge is 0.166 e. The summed E-state index contributed by atoms with van der Waals surface area (Å²) in [7, 11) is 0. The monoisotopic (exact) mass is 336 g/mol. The molecule has 0 spiro atoms. The lowest BCUT2D eigenvalue weighted by Crippen LogP contribution is -1.87. The number of rotatable bonds is 4. The second kappa shape index (κ2) is 6.80. The van der Waals surface area contributed by atoms with Crippen molar-refractivity contribution in [1.82, 2.24) is 0 Å². The van der Waals surface area contributed by atoms with E-state index in [1.807, 2.05) is 12.1 Å². The van der Waals surface area contributed by atoms with Gasteiger partial charge in [0.1, 0.15) is 0 Å². The van der Waals surface area contributed by atoms with Crippen LogP contribution in [0.15, 0.2) is 53.0 Å².